The molecule has 1 saturated heterocycles. The minimum atomic E-state index is -3.22. The van der Waals surface area contributed by atoms with Gasteiger partial charge in [0.1, 0.15) is 11.8 Å². The van der Waals surface area contributed by atoms with Crippen molar-refractivity contribution in [1.29, 1.82) is 5.26 Å². The predicted octanol–water partition coefficient (Wildman–Crippen LogP) is 4.69. The number of amides is 2. The smallest absolute Gasteiger partial charge is 0.298 e. The summed E-state index contributed by atoms with van der Waals surface area (Å²) in [6, 6.07) is 19.2. The Kier molecular flexibility index (Phi) is 8.05. The first-order valence-corrected chi connectivity index (χ1v) is 14.3. The van der Waals surface area contributed by atoms with Gasteiger partial charge in [-0.15, -0.1) is 0 Å². The van der Waals surface area contributed by atoms with Crippen LogP contribution in [0.15, 0.2) is 79.0 Å². The second-order valence-corrected chi connectivity index (χ2v) is 10.9. The largest absolute Gasteiger partial charge is 0.495 e. The zero-order valence-electron chi connectivity index (χ0n) is 24.6. The van der Waals surface area contributed by atoms with E-state index in [0.717, 1.165) is 0 Å². The molecular formula is C33H30F2N6O4. The Morgan fingerprint density at radius 2 is 1.76 bits per heavy atom. The van der Waals surface area contributed by atoms with Crippen molar-refractivity contribution in [3.8, 4) is 11.8 Å². The summed E-state index contributed by atoms with van der Waals surface area (Å²) in [5.74, 6) is -3.85. The first-order chi connectivity index (χ1) is 21.8. The fourth-order valence-corrected chi connectivity index (χ4v) is 6.01. The van der Waals surface area contributed by atoms with Gasteiger partial charge >= 0.3 is 0 Å². The summed E-state index contributed by atoms with van der Waals surface area (Å²) >= 11 is 0. The van der Waals surface area contributed by atoms with E-state index in [1.807, 2.05) is 6.07 Å². The van der Waals surface area contributed by atoms with E-state index in [4.69, 9.17) is 9.47 Å². The minimum absolute atomic E-state index is 0.125. The molecule has 230 valence electrons. The molecule has 45 heavy (non-hydrogen) atoms. The van der Waals surface area contributed by atoms with Crippen LogP contribution < -0.4 is 15.0 Å². The van der Waals surface area contributed by atoms with E-state index in [1.165, 1.54) is 67.9 Å². The van der Waals surface area contributed by atoms with Crippen LogP contribution in [0, 0.1) is 11.3 Å². The molecule has 12 heteroatoms. The molecule has 0 spiro atoms. The number of carbonyl (C=O) groups is 2. The third-order valence-electron chi connectivity index (χ3n) is 8.28. The van der Waals surface area contributed by atoms with E-state index < -0.39 is 17.7 Å². The lowest BCUT2D eigenvalue weighted by molar-refractivity contribution is 0.0428. The monoisotopic (exact) mass is 612 g/mol. The van der Waals surface area contributed by atoms with Crippen molar-refractivity contribution in [2.24, 2.45) is 0 Å². The number of halogens is 2. The molecule has 0 aliphatic carbocycles. The highest BCUT2D eigenvalue weighted by atomic mass is 19.3. The topological polar surface area (TPSA) is 113 Å². The number of ether oxygens (including phenoxy) is 2. The SMILES string of the molecule is COCCN1C[C@@H]2[C@H](C1)N(c1ccc(C(F)(F)c3ccccc3)cc1)C(=O)c1c(NC(=O)c3ccc(OC)c(C#N)c3)cnn12. The molecule has 2 atom stereocenters. The Morgan fingerprint density at radius 3 is 2.44 bits per heavy atom. The number of carbonyl (C=O) groups excluding carboxylic acids is 2. The van der Waals surface area contributed by atoms with E-state index in [2.05, 4.69) is 15.3 Å². The summed E-state index contributed by atoms with van der Waals surface area (Å²) in [7, 11) is 3.05. The number of nitrogens with one attached hydrogen (secondary N) is 1. The number of anilines is 2. The van der Waals surface area contributed by atoms with Crippen molar-refractivity contribution in [3.63, 3.8) is 0 Å². The summed E-state index contributed by atoms with van der Waals surface area (Å²) in [6.07, 6.45) is 1.43. The molecular weight excluding hydrogens is 582 g/mol. The number of benzene rings is 3. The quantitative estimate of drug-likeness (QED) is 0.292. The Labute approximate surface area is 258 Å². The second-order valence-electron chi connectivity index (χ2n) is 10.9. The van der Waals surface area contributed by atoms with Gasteiger partial charge in [0.2, 0.25) is 0 Å². The van der Waals surface area contributed by atoms with E-state index in [1.54, 1.807) is 34.9 Å². The molecule has 0 radical (unpaired) electrons. The normalized spacial score (nSPS) is 17.8. The van der Waals surface area contributed by atoms with Crippen molar-refractivity contribution in [2.75, 3.05) is 50.7 Å². The highest BCUT2D eigenvalue weighted by Gasteiger charge is 2.48. The highest BCUT2D eigenvalue weighted by molar-refractivity contribution is 6.13. The van der Waals surface area contributed by atoms with Crippen molar-refractivity contribution < 1.29 is 27.8 Å². The zero-order valence-corrected chi connectivity index (χ0v) is 24.6. The molecule has 2 amide bonds. The van der Waals surface area contributed by atoms with E-state index >= 15 is 8.78 Å². The Hall–Kier alpha value is -5.12. The molecule has 0 bridgehead atoms. The van der Waals surface area contributed by atoms with Gasteiger partial charge < -0.3 is 19.7 Å². The predicted molar refractivity (Wildman–Crippen MR) is 162 cm³/mol. The zero-order chi connectivity index (χ0) is 31.7. The third kappa shape index (κ3) is 5.41. The van der Waals surface area contributed by atoms with E-state index in [0.29, 0.717) is 37.7 Å². The van der Waals surface area contributed by atoms with Gasteiger partial charge in [-0.3, -0.25) is 19.2 Å². The number of hydrogen-bond donors (Lipinski definition) is 1. The molecule has 10 nitrogen and oxygen atoms in total. The number of alkyl halides is 2. The van der Waals surface area contributed by atoms with Gasteiger partial charge in [-0.25, -0.2) is 0 Å². The maximum Gasteiger partial charge on any atom is 0.298 e. The van der Waals surface area contributed by atoms with Crippen molar-refractivity contribution in [2.45, 2.75) is 18.0 Å². The van der Waals surface area contributed by atoms with Crippen molar-refractivity contribution in [1.82, 2.24) is 14.7 Å². The van der Waals surface area contributed by atoms with Gasteiger partial charge in [-0.1, -0.05) is 42.5 Å². The number of fused-ring (bicyclic) bond motifs is 3. The molecule has 0 unspecified atom stereocenters. The third-order valence-corrected chi connectivity index (χ3v) is 8.28. The van der Waals surface area contributed by atoms with Crippen LogP contribution in [0.3, 0.4) is 0 Å². The van der Waals surface area contributed by atoms with Crippen LogP contribution in [0.5, 0.6) is 5.75 Å². The van der Waals surface area contributed by atoms with Crippen LogP contribution in [-0.4, -0.2) is 73.0 Å². The number of rotatable bonds is 9. The number of likely N-dealkylation sites (tertiary alicyclic amines) is 1. The summed E-state index contributed by atoms with van der Waals surface area (Å²) < 4.78 is 42.7. The van der Waals surface area contributed by atoms with Gasteiger partial charge in [-0.2, -0.15) is 19.1 Å². The Balaban J connectivity index is 1.34. The lowest BCUT2D eigenvalue weighted by Gasteiger charge is -2.37. The van der Waals surface area contributed by atoms with Crippen LogP contribution in [0.25, 0.3) is 0 Å². The van der Waals surface area contributed by atoms with E-state index in [-0.39, 0.29) is 45.7 Å². The molecule has 2 aliphatic heterocycles. The average molecular weight is 613 g/mol. The highest BCUT2D eigenvalue weighted by Crippen LogP contribution is 2.40. The van der Waals surface area contributed by atoms with Gasteiger partial charge in [0.15, 0.2) is 5.69 Å². The summed E-state index contributed by atoms with van der Waals surface area (Å²) in [5, 5.41) is 16.7. The first kappa shape index (κ1) is 29.9. The maximum absolute atomic E-state index is 15.3. The van der Waals surface area contributed by atoms with Crippen molar-refractivity contribution >= 4 is 23.2 Å². The number of nitrogens with zero attached hydrogens (tertiary/aromatic N) is 5. The minimum Gasteiger partial charge on any atom is -0.495 e. The lowest BCUT2D eigenvalue weighted by atomic mass is 9.99. The first-order valence-electron chi connectivity index (χ1n) is 14.3. The number of hydrogen-bond acceptors (Lipinski definition) is 7. The Bertz CT molecular complexity index is 1770. The fraction of sp³-hybridized carbons (Fsp3) is 0.273. The number of methoxy groups -OCH3 is 2. The summed E-state index contributed by atoms with van der Waals surface area (Å²) in [4.78, 5) is 31.3. The molecule has 0 saturated carbocycles. The number of aromatic nitrogens is 2. The van der Waals surface area contributed by atoms with Crippen LogP contribution in [0.1, 0.15) is 43.6 Å². The van der Waals surface area contributed by atoms with Crippen molar-refractivity contribution in [3.05, 3.63) is 107 Å². The van der Waals surface area contributed by atoms with Crippen LogP contribution in [0.2, 0.25) is 0 Å². The molecule has 2 aliphatic rings. The molecule has 3 aromatic carbocycles. The van der Waals surface area contributed by atoms with Gasteiger partial charge in [0, 0.05) is 49.1 Å². The molecule has 1 fully saturated rings. The molecule has 1 aromatic heterocycles. The van der Waals surface area contributed by atoms with Crippen LogP contribution in [-0.2, 0) is 10.7 Å². The second kappa shape index (κ2) is 12.1. The maximum atomic E-state index is 15.3. The van der Waals surface area contributed by atoms with Crippen LogP contribution in [0.4, 0.5) is 20.2 Å². The summed E-state index contributed by atoms with van der Waals surface area (Å²) in [5.41, 5.74) is 0.897. The van der Waals surface area contributed by atoms with Gasteiger partial charge in [-0.05, 0) is 30.3 Å². The standard InChI is InChI=1S/C33H30F2N6O4/c1-44-15-14-39-19-27-28(20-39)41-30(26(18-37-41)38-31(42)21-8-13-29(45-2)22(16-21)17-36)32(43)40(27)25-11-9-24(10-12-25)33(34,35)23-6-4-3-5-7-23/h3-13,16,18,27-28H,14-15,19-20H2,1-2H3,(H,38,42)/t27-,28+/m0/s1. The molecule has 3 heterocycles. The average Bonchev–Trinajstić information content (AvgIpc) is 3.68. The van der Waals surface area contributed by atoms with E-state index in [9.17, 15) is 14.9 Å². The summed E-state index contributed by atoms with van der Waals surface area (Å²) in [6.45, 7) is 2.21. The lowest BCUT2D eigenvalue weighted by Crippen LogP contribution is -2.51. The Morgan fingerprint density at radius 1 is 1.04 bits per heavy atom. The molecule has 6 rings (SSSR count). The fourth-order valence-electron chi connectivity index (χ4n) is 6.01. The van der Waals surface area contributed by atoms with Crippen LogP contribution >= 0.6 is 0 Å². The van der Waals surface area contributed by atoms with Gasteiger partial charge in [0.05, 0.1) is 43.2 Å². The van der Waals surface area contributed by atoms with Gasteiger partial charge in [0.25, 0.3) is 17.7 Å². The molecule has 1 N–H and O–H groups in total. The molecule has 4 aromatic rings. The number of nitriles is 1.